The molecule has 6 rings (SSSR count). The fourth-order valence-corrected chi connectivity index (χ4v) is 6.42. The van der Waals surface area contributed by atoms with Crippen LogP contribution in [-0.4, -0.2) is 27.1 Å². The maximum atomic E-state index is 12.5. The van der Waals surface area contributed by atoms with Gasteiger partial charge in [0.25, 0.3) is 0 Å². The van der Waals surface area contributed by atoms with E-state index in [2.05, 4.69) is 33.0 Å². The molecule has 0 aliphatic heterocycles. The van der Waals surface area contributed by atoms with Gasteiger partial charge in [-0.3, -0.25) is 4.79 Å². The summed E-state index contributed by atoms with van der Waals surface area (Å²) in [5.74, 6) is 2.65. The second-order valence-electron chi connectivity index (χ2n) is 9.59. The first-order valence-electron chi connectivity index (χ1n) is 11.1. The first-order valence-corrected chi connectivity index (χ1v) is 11.1. The van der Waals surface area contributed by atoms with Crippen molar-refractivity contribution >= 4 is 18.2 Å². The van der Waals surface area contributed by atoms with Crippen molar-refractivity contribution in [3.63, 3.8) is 0 Å². The van der Waals surface area contributed by atoms with E-state index in [9.17, 15) is 4.79 Å². The van der Waals surface area contributed by atoms with Crippen LogP contribution < -0.4 is 5.43 Å². The highest BCUT2D eigenvalue weighted by Crippen LogP contribution is 2.61. The first kappa shape index (κ1) is 19.2. The van der Waals surface area contributed by atoms with E-state index in [4.69, 9.17) is 0 Å². The maximum Gasteiger partial charge on any atom is 0.240 e. The monoisotopic (exact) mass is 403 g/mol. The fourth-order valence-electron chi connectivity index (χ4n) is 6.42. The third-order valence-electron chi connectivity index (χ3n) is 7.06. The molecular formula is C24H29N5O. The first-order chi connectivity index (χ1) is 14.7. The van der Waals surface area contributed by atoms with Gasteiger partial charge in [-0.25, -0.2) is 10.1 Å². The summed E-state index contributed by atoms with van der Waals surface area (Å²) in [6.45, 7) is 0.691. The van der Waals surface area contributed by atoms with Gasteiger partial charge in [0.1, 0.15) is 5.69 Å². The minimum atomic E-state index is 0.0513. The Morgan fingerprint density at radius 3 is 2.53 bits per heavy atom. The zero-order valence-corrected chi connectivity index (χ0v) is 17.3. The Morgan fingerprint density at radius 1 is 1.13 bits per heavy atom. The summed E-state index contributed by atoms with van der Waals surface area (Å²) in [6.07, 6.45) is 15.7. The van der Waals surface area contributed by atoms with Gasteiger partial charge in [0.2, 0.25) is 5.91 Å². The Morgan fingerprint density at radius 2 is 1.83 bits per heavy atom. The third kappa shape index (κ3) is 4.37. The SMILES string of the molecule is O=C(CC12CC3CC(CC(C3)C1)C2)N/N=C\C=C\c1cn(Cc2ccccc2)nn1. The normalized spacial score (nSPS) is 29.8. The van der Waals surface area contributed by atoms with Gasteiger partial charge in [-0.05, 0) is 79.4 Å². The maximum absolute atomic E-state index is 12.5. The van der Waals surface area contributed by atoms with Crippen LogP contribution in [0.2, 0.25) is 0 Å². The van der Waals surface area contributed by atoms with Gasteiger partial charge in [0.05, 0.1) is 12.7 Å². The minimum absolute atomic E-state index is 0.0513. The molecule has 156 valence electrons. The summed E-state index contributed by atoms with van der Waals surface area (Å²) >= 11 is 0. The van der Waals surface area contributed by atoms with E-state index >= 15 is 0 Å². The van der Waals surface area contributed by atoms with Gasteiger partial charge in [-0.15, -0.1) is 5.10 Å². The van der Waals surface area contributed by atoms with Crippen LogP contribution in [0.5, 0.6) is 0 Å². The lowest BCUT2D eigenvalue weighted by Gasteiger charge is -2.56. The van der Waals surface area contributed by atoms with Crippen molar-refractivity contribution in [1.82, 2.24) is 20.4 Å². The van der Waals surface area contributed by atoms with E-state index in [1.54, 1.807) is 17.0 Å². The molecule has 6 nitrogen and oxygen atoms in total. The molecule has 0 spiro atoms. The van der Waals surface area contributed by atoms with Crippen LogP contribution in [0.25, 0.3) is 6.08 Å². The highest BCUT2D eigenvalue weighted by atomic mass is 16.2. The molecule has 4 fully saturated rings. The van der Waals surface area contributed by atoms with Crippen molar-refractivity contribution in [1.29, 1.82) is 0 Å². The van der Waals surface area contributed by atoms with E-state index in [1.807, 2.05) is 30.5 Å². The Balaban J connectivity index is 1.09. The minimum Gasteiger partial charge on any atom is -0.273 e. The number of carbonyl (C=O) groups is 1. The number of aromatic nitrogens is 3. The predicted octanol–water partition coefficient (Wildman–Crippen LogP) is 4.05. The zero-order valence-electron chi connectivity index (χ0n) is 17.3. The Hall–Kier alpha value is -2.76. The number of hydrazone groups is 1. The zero-order chi connectivity index (χ0) is 20.4. The van der Waals surface area contributed by atoms with Crippen molar-refractivity contribution in [3.05, 3.63) is 53.9 Å². The van der Waals surface area contributed by atoms with Crippen LogP contribution >= 0.6 is 0 Å². The van der Waals surface area contributed by atoms with Crippen molar-refractivity contribution in [2.24, 2.45) is 28.3 Å². The number of benzene rings is 1. The lowest BCUT2D eigenvalue weighted by Crippen LogP contribution is -2.47. The van der Waals surface area contributed by atoms with Gasteiger partial charge >= 0.3 is 0 Å². The molecule has 0 unspecified atom stereocenters. The fraction of sp³-hybridized carbons (Fsp3) is 0.500. The highest BCUT2D eigenvalue weighted by molar-refractivity contribution is 5.81. The van der Waals surface area contributed by atoms with Gasteiger partial charge in [0.15, 0.2) is 0 Å². The molecule has 1 heterocycles. The van der Waals surface area contributed by atoms with Crippen LogP contribution in [0, 0.1) is 23.2 Å². The standard InChI is InChI=1S/C24H29N5O/c30-23(15-24-12-19-9-20(13-24)11-21(10-19)14-24)27-25-8-4-7-22-17-29(28-26-22)16-18-5-2-1-3-6-18/h1-8,17,19-21H,9-16H2,(H,27,30)/b7-4+,25-8-. The summed E-state index contributed by atoms with van der Waals surface area (Å²) in [6, 6.07) is 10.2. The van der Waals surface area contributed by atoms with E-state index in [1.165, 1.54) is 44.1 Å². The Kier molecular flexibility index (Phi) is 5.23. The number of nitrogens with one attached hydrogen (secondary N) is 1. The lowest BCUT2D eigenvalue weighted by atomic mass is 9.49. The average Bonchev–Trinajstić information content (AvgIpc) is 3.14. The number of hydrogen-bond acceptors (Lipinski definition) is 4. The summed E-state index contributed by atoms with van der Waals surface area (Å²) in [5.41, 5.74) is 4.91. The third-order valence-corrected chi connectivity index (χ3v) is 7.06. The molecular weight excluding hydrogens is 374 g/mol. The van der Waals surface area contributed by atoms with Gasteiger partial charge in [-0.2, -0.15) is 5.10 Å². The summed E-state index contributed by atoms with van der Waals surface area (Å²) < 4.78 is 1.80. The molecule has 0 saturated heterocycles. The number of allylic oxidation sites excluding steroid dienone is 1. The molecule has 6 heteroatoms. The summed E-state index contributed by atoms with van der Waals surface area (Å²) in [7, 11) is 0. The van der Waals surface area contributed by atoms with Crippen LogP contribution in [0.15, 0.2) is 47.7 Å². The molecule has 0 atom stereocenters. The number of nitrogens with zero attached hydrogens (tertiary/aromatic N) is 4. The average molecular weight is 404 g/mol. The molecule has 2 aromatic rings. The van der Waals surface area contributed by atoms with E-state index in [0.717, 1.165) is 23.4 Å². The van der Waals surface area contributed by atoms with Crippen LogP contribution in [0.1, 0.15) is 56.2 Å². The number of hydrogen-bond donors (Lipinski definition) is 1. The molecule has 4 aliphatic carbocycles. The number of rotatable bonds is 7. The Labute approximate surface area is 177 Å². The molecule has 4 aliphatic rings. The van der Waals surface area contributed by atoms with Crippen LogP contribution in [0.4, 0.5) is 0 Å². The highest BCUT2D eigenvalue weighted by Gasteiger charge is 2.51. The predicted molar refractivity (Wildman–Crippen MR) is 116 cm³/mol. The van der Waals surface area contributed by atoms with Crippen LogP contribution in [0.3, 0.4) is 0 Å². The van der Waals surface area contributed by atoms with Crippen molar-refractivity contribution in [2.45, 2.75) is 51.5 Å². The van der Waals surface area contributed by atoms with Crippen molar-refractivity contribution in [3.8, 4) is 0 Å². The smallest absolute Gasteiger partial charge is 0.240 e. The van der Waals surface area contributed by atoms with Gasteiger partial charge in [0, 0.05) is 12.6 Å². The Bertz CT molecular complexity index is 910. The van der Waals surface area contributed by atoms with E-state index < -0.39 is 0 Å². The second-order valence-corrected chi connectivity index (χ2v) is 9.59. The van der Waals surface area contributed by atoms with E-state index in [-0.39, 0.29) is 11.3 Å². The van der Waals surface area contributed by atoms with Crippen LogP contribution in [-0.2, 0) is 11.3 Å². The second kappa shape index (κ2) is 8.17. The molecule has 1 N–H and O–H groups in total. The quantitative estimate of drug-likeness (QED) is 0.560. The summed E-state index contributed by atoms with van der Waals surface area (Å²) in [4.78, 5) is 12.5. The molecule has 4 bridgehead atoms. The van der Waals surface area contributed by atoms with Gasteiger partial charge < -0.3 is 0 Å². The van der Waals surface area contributed by atoms with Crippen molar-refractivity contribution in [2.75, 3.05) is 0 Å². The molecule has 1 amide bonds. The molecule has 30 heavy (non-hydrogen) atoms. The lowest BCUT2D eigenvalue weighted by molar-refractivity contribution is -0.129. The molecule has 4 saturated carbocycles. The molecule has 1 aromatic carbocycles. The number of carbonyl (C=O) groups excluding carboxylic acids is 1. The molecule has 1 aromatic heterocycles. The van der Waals surface area contributed by atoms with E-state index in [0.29, 0.717) is 13.0 Å². The van der Waals surface area contributed by atoms with Gasteiger partial charge in [-0.1, -0.05) is 35.5 Å². The van der Waals surface area contributed by atoms with Crippen molar-refractivity contribution < 1.29 is 4.79 Å². The molecule has 0 radical (unpaired) electrons. The topological polar surface area (TPSA) is 72.2 Å². The number of amides is 1. The summed E-state index contributed by atoms with van der Waals surface area (Å²) in [5, 5.41) is 12.4. The largest absolute Gasteiger partial charge is 0.273 e.